The van der Waals surface area contributed by atoms with Crippen LogP contribution < -0.4 is 16.0 Å². The van der Waals surface area contributed by atoms with E-state index >= 15 is 0 Å². The van der Waals surface area contributed by atoms with Crippen LogP contribution in [0.1, 0.15) is 15.9 Å². The maximum Gasteiger partial charge on any atom is 0.324 e. The number of carbonyl (C=O) groups is 2. The van der Waals surface area contributed by atoms with E-state index in [9.17, 15) is 14.0 Å². The molecular formula is C20H16ClFN4O2. The van der Waals surface area contributed by atoms with Crippen molar-refractivity contribution >= 4 is 35.0 Å². The number of nitrogens with zero attached hydrogens (tertiary/aromatic N) is 1. The monoisotopic (exact) mass is 398 g/mol. The molecule has 0 fully saturated rings. The number of hydrogen-bond acceptors (Lipinski definition) is 3. The molecule has 0 radical (unpaired) electrons. The summed E-state index contributed by atoms with van der Waals surface area (Å²) in [6.07, 6.45) is 1.47. The van der Waals surface area contributed by atoms with Gasteiger partial charge < -0.3 is 10.6 Å². The molecule has 8 heteroatoms. The van der Waals surface area contributed by atoms with E-state index in [1.165, 1.54) is 18.3 Å². The maximum atomic E-state index is 13.0. The lowest BCUT2D eigenvalue weighted by Crippen LogP contribution is -2.26. The fourth-order valence-corrected chi connectivity index (χ4v) is 2.50. The van der Waals surface area contributed by atoms with Crippen molar-refractivity contribution in [2.75, 3.05) is 10.6 Å². The summed E-state index contributed by atoms with van der Waals surface area (Å²) in [6.45, 7) is 0.213. The van der Waals surface area contributed by atoms with Crippen LogP contribution in [0.3, 0.4) is 0 Å². The average molecular weight is 399 g/mol. The lowest BCUT2D eigenvalue weighted by molar-refractivity contribution is 0.0951. The maximum absolute atomic E-state index is 13.0. The molecule has 0 spiro atoms. The molecular weight excluding hydrogens is 383 g/mol. The van der Waals surface area contributed by atoms with Crippen molar-refractivity contribution in [1.82, 2.24) is 10.3 Å². The topological polar surface area (TPSA) is 83.1 Å². The van der Waals surface area contributed by atoms with Crippen LogP contribution in [0.2, 0.25) is 5.02 Å². The molecule has 3 amide bonds. The fourth-order valence-electron chi connectivity index (χ4n) is 2.37. The number of amides is 3. The summed E-state index contributed by atoms with van der Waals surface area (Å²) < 4.78 is 13.0. The normalized spacial score (nSPS) is 10.2. The van der Waals surface area contributed by atoms with Crippen LogP contribution in [-0.4, -0.2) is 16.9 Å². The minimum Gasteiger partial charge on any atom is -0.348 e. The Bertz CT molecular complexity index is 978. The summed E-state index contributed by atoms with van der Waals surface area (Å²) in [7, 11) is 0. The second-order valence-corrected chi connectivity index (χ2v) is 6.23. The Labute approximate surface area is 165 Å². The highest BCUT2D eigenvalue weighted by Gasteiger charge is 2.14. The molecule has 3 aromatic rings. The minimum absolute atomic E-state index is 0.116. The van der Waals surface area contributed by atoms with Crippen molar-refractivity contribution in [2.45, 2.75) is 6.54 Å². The number of nitrogens with one attached hydrogen (secondary N) is 3. The van der Waals surface area contributed by atoms with Crippen LogP contribution >= 0.6 is 11.6 Å². The molecule has 1 aromatic heterocycles. The first kappa shape index (κ1) is 19.3. The van der Waals surface area contributed by atoms with Gasteiger partial charge in [-0.05, 0) is 54.1 Å². The van der Waals surface area contributed by atoms with Crippen LogP contribution in [0.25, 0.3) is 0 Å². The first-order valence-corrected chi connectivity index (χ1v) is 8.70. The van der Waals surface area contributed by atoms with Crippen LogP contribution in [0.4, 0.5) is 20.7 Å². The van der Waals surface area contributed by atoms with Crippen molar-refractivity contribution in [3.05, 3.63) is 88.8 Å². The van der Waals surface area contributed by atoms with Crippen molar-refractivity contribution in [2.24, 2.45) is 0 Å². The molecule has 0 atom stereocenters. The molecule has 0 saturated heterocycles. The average Bonchev–Trinajstić information content (AvgIpc) is 2.69. The van der Waals surface area contributed by atoms with E-state index in [0.29, 0.717) is 10.7 Å². The Morgan fingerprint density at radius 1 is 0.964 bits per heavy atom. The van der Waals surface area contributed by atoms with Crippen LogP contribution in [0, 0.1) is 5.82 Å². The Kier molecular flexibility index (Phi) is 6.18. The van der Waals surface area contributed by atoms with Gasteiger partial charge >= 0.3 is 6.03 Å². The van der Waals surface area contributed by atoms with E-state index in [1.54, 1.807) is 48.5 Å². The molecule has 142 valence electrons. The van der Waals surface area contributed by atoms with E-state index in [0.717, 1.165) is 5.56 Å². The first-order chi connectivity index (χ1) is 13.5. The number of hydrogen-bond donors (Lipinski definition) is 3. The van der Waals surface area contributed by atoms with Gasteiger partial charge in [0.1, 0.15) is 11.6 Å². The Hall–Kier alpha value is -3.45. The van der Waals surface area contributed by atoms with Crippen molar-refractivity contribution in [3.8, 4) is 0 Å². The van der Waals surface area contributed by atoms with Crippen LogP contribution in [0.15, 0.2) is 66.9 Å². The molecule has 0 unspecified atom stereocenters. The summed E-state index contributed by atoms with van der Waals surface area (Å²) >= 11 is 5.81. The van der Waals surface area contributed by atoms with Crippen molar-refractivity contribution < 1.29 is 14.0 Å². The number of halogens is 2. The number of urea groups is 1. The molecule has 0 saturated carbocycles. The van der Waals surface area contributed by atoms with Gasteiger partial charge in [-0.3, -0.25) is 10.1 Å². The zero-order chi connectivity index (χ0) is 19.9. The molecule has 3 N–H and O–H groups in total. The van der Waals surface area contributed by atoms with Gasteiger partial charge in [-0.2, -0.15) is 0 Å². The quantitative estimate of drug-likeness (QED) is 0.593. The third kappa shape index (κ3) is 5.28. The number of aromatic nitrogens is 1. The fraction of sp³-hybridized carbons (Fsp3) is 0.0500. The number of carbonyl (C=O) groups excluding carboxylic acids is 2. The lowest BCUT2D eigenvalue weighted by atomic mass is 10.2. The number of anilines is 2. The number of pyridine rings is 1. The minimum atomic E-state index is -0.548. The summed E-state index contributed by atoms with van der Waals surface area (Å²) in [5, 5.41) is 8.45. The third-order valence-corrected chi connectivity index (χ3v) is 4.00. The highest BCUT2D eigenvalue weighted by molar-refractivity contribution is 6.30. The van der Waals surface area contributed by atoms with Gasteiger partial charge in [-0.1, -0.05) is 23.7 Å². The summed E-state index contributed by atoms with van der Waals surface area (Å²) in [4.78, 5) is 28.7. The van der Waals surface area contributed by atoms with E-state index in [-0.39, 0.29) is 23.7 Å². The zero-order valence-corrected chi connectivity index (χ0v) is 15.3. The Balaban J connectivity index is 1.64. The van der Waals surface area contributed by atoms with E-state index in [1.807, 2.05) is 0 Å². The van der Waals surface area contributed by atoms with Crippen LogP contribution in [0.5, 0.6) is 0 Å². The SMILES string of the molecule is O=C(Nc1ccc(Cl)cc1)Nc1ncccc1C(=O)NCc1ccc(F)cc1. The lowest BCUT2D eigenvalue weighted by Gasteiger charge is -2.11. The molecule has 2 aromatic carbocycles. The summed E-state index contributed by atoms with van der Waals surface area (Å²) in [5.41, 5.74) is 1.49. The first-order valence-electron chi connectivity index (χ1n) is 8.32. The highest BCUT2D eigenvalue weighted by atomic mass is 35.5. The largest absolute Gasteiger partial charge is 0.348 e. The molecule has 0 bridgehead atoms. The predicted molar refractivity (Wildman–Crippen MR) is 106 cm³/mol. The van der Waals surface area contributed by atoms with Gasteiger partial charge in [0, 0.05) is 23.5 Å². The molecule has 0 aliphatic heterocycles. The van der Waals surface area contributed by atoms with Crippen LogP contribution in [-0.2, 0) is 6.54 Å². The molecule has 28 heavy (non-hydrogen) atoms. The zero-order valence-electron chi connectivity index (χ0n) is 14.6. The molecule has 3 rings (SSSR count). The van der Waals surface area contributed by atoms with Gasteiger partial charge in [0.05, 0.1) is 5.56 Å². The molecule has 0 aliphatic rings. The van der Waals surface area contributed by atoms with E-state index in [4.69, 9.17) is 11.6 Å². The second-order valence-electron chi connectivity index (χ2n) is 5.79. The van der Waals surface area contributed by atoms with Gasteiger partial charge in [-0.25, -0.2) is 14.2 Å². The molecule has 0 aliphatic carbocycles. The smallest absolute Gasteiger partial charge is 0.324 e. The van der Waals surface area contributed by atoms with Gasteiger partial charge in [0.2, 0.25) is 0 Å². The van der Waals surface area contributed by atoms with Crippen molar-refractivity contribution in [3.63, 3.8) is 0 Å². The molecule has 6 nitrogen and oxygen atoms in total. The third-order valence-electron chi connectivity index (χ3n) is 3.75. The van der Waals surface area contributed by atoms with Gasteiger partial charge in [0.25, 0.3) is 5.91 Å². The highest BCUT2D eigenvalue weighted by Crippen LogP contribution is 2.15. The van der Waals surface area contributed by atoms with Gasteiger partial charge in [-0.15, -0.1) is 0 Å². The van der Waals surface area contributed by atoms with E-state index < -0.39 is 11.9 Å². The number of rotatable bonds is 5. The Morgan fingerprint density at radius 3 is 2.39 bits per heavy atom. The van der Waals surface area contributed by atoms with Gasteiger partial charge in [0.15, 0.2) is 0 Å². The predicted octanol–water partition coefficient (Wildman–Crippen LogP) is 4.45. The second kappa shape index (κ2) is 8.96. The molecule has 1 heterocycles. The summed E-state index contributed by atoms with van der Waals surface area (Å²) in [5.74, 6) is -0.648. The Morgan fingerprint density at radius 2 is 1.68 bits per heavy atom. The van der Waals surface area contributed by atoms with E-state index in [2.05, 4.69) is 20.9 Å². The van der Waals surface area contributed by atoms with Crippen molar-refractivity contribution in [1.29, 1.82) is 0 Å². The standard InChI is InChI=1S/C20H16ClFN4O2/c21-14-5-9-16(10-6-14)25-20(28)26-18-17(2-1-11-23-18)19(27)24-12-13-3-7-15(22)8-4-13/h1-11H,12H2,(H,24,27)(H2,23,25,26,28). The number of benzene rings is 2. The summed E-state index contributed by atoms with van der Waals surface area (Å²) in [6, 6.07) is 15.0.